The molecule has 12 heteroatoms. The maximum Gasteiger partial charge on any atom is 0.137 e. The van der Waals surface area contributed by atoms with Gasteiger partial charge in [0, 0.05) is 21.3 Å². The summed E-state index contributed by atoms with van der Waals surface area (Å²) in [6.45, 7) is 0. The minimum absolute atomic E-state index is 0.490. The molecule has 0 N–H and O–H groups in total. The number of halogens is 8. The van der Waals surface area contributed by atoms with Crippen LogP contribution in [0.4, 0.5) is 0 Å². The molecule has 4 rings (SSSR count). The molecule has 308 valence electrons. The Morgan fingerprint density at radius 1 is 0.411 bits per heavy atom. The Morgan fingerprint density at radius 3 is 0.857 bits per heavy atom. The van der Waals surface area contributed by atoms with Gasteiger partial charge in [0.05, 0.1) is 48.5 Å². The maximum atomic E-state index is 6.34. The van der Waals surface area contributed by atoms with Gasteiger partial charge in [0.1, 0.15) is 23.0 Å². The molecule has 0 aliphatic rings. The Balaban J connectivity index is 0.000000300. The predicted octanol–water partition coefficient (Wildman–Crippen LogP) is 15.2. The van der Waals surface area contributed by atoms with E-state index in [1.54, 1.807) is 28.4 Å². The van der Waals surface area contributed by atoms with Crippen molar-refractivity contribution in [2.24, 2.45) is 23.7 Å². The molecule has 0 fully saturated rings. The number of hydrogen-bond donors (Lipinski definition) is 0. The van der Waals surface area contributed by atoms with Crippen LogP contribution in [0.15, 0.2) is 72.8 Å². The van der Waals surface area contributed by atoms with Crippen molar-refractivity contribution in [3.63, 3.8) is 0 Å². The van der Waals surface area contributed by atoms with Gasteiger partial charge in [-0.2, -0.15) is 0 Å². The maximum absolute atomic E-state index is 6.34. The number of methoxy groups -OCH3 is 4. The number of rotatable bonds is 22. The lowest BCUT2D eigenvalue weighted by Gasteiger charge is -2.26. The fourth-order valence-electron chi connectivity index (χ4n) is 6.94. The number of hydrogen-bond acceptors (Lipinski definition) is 4. The van der Waals surface area contributed by atoms with Crippen LogP contribution >= 0.6 is 110 Å². The Hall–Kier alpha value is -0.840. The zero-order valence-corrected chi connectivity index (χ0v) is 41.7. The molecule has 0 heterocycles. The lowest BCUT2D eigenvalue weighted by Crippen LogP contribution is -2.21. The highest BCUT2D eigenvalue weighted by Gasteiger charge is 2.24. The third kappa shape index (κ3) is 16.0. The van der Waals surface area contributed by atoms with Crippen molar-refractivity contribution in [3.8, 4) is 23.0 Å². The summed E-state index contributed by atoms with van der Waals surface area (Å²) >= 11 is 40.0. The summed E-state index contributed by atoms with van der Waals surface area (Å²) in [5.74, 6) is 4.90. The highest BCUT2D eigenvalue weighted by molar-refractivity contribution is 9.09. The quantitative estimate of drug-likeness (QED) is 0.0735. The molecular formula is C44H52Br4Cl4O4. The second kappa shape index (κ2) is 27.1. The van der Waals surface area contributed by atoms with Crippen LogP contribution in [0.3, 0.4) is 0 Å². The van der Waals surface area contributed by atoms with E-state index in [1.165, 1.54) is 22.3 Å². The first-order chi connectivity index (χ1) is 27.0. The largest absolute Gasteiger partial charge is 0.495 e. The molecule has 0 saturated heterocycles. The van der Waals surface area contributed by atoms with Crippen molar-refractivity contribution in [3.05, 3.63) is 115 Å². The molecule has 0 saturated carbocycles. The summed E-state index contributed by atoms with van der Waals surface area (Å²) < 4.78 is 21.1. The van der Waals surface area contributed by atoms with Crippen molar-refractivity contribution < 1.29 is 18.9 Å². The average Bonchev–Trinajstić information content (AvgIpc) is 3.19. The first-order valence-electron chi connectivity index (χ1n) is 18.6. The van der Waals surface area contributed by atoms with E-state index in [9.17, 15) is 0 Å². The molecular weight excluding hydrogens is 1050 g/mol. The lowest BCUT2D eigenvalue weighted by atomic mass is 9.81. The van der Waals surface area contributed by atoms with E-state index in [4.69, 9.17) is 65.4 Å². The van der Waals surface area contributed by atoms with E-state index in [1.807, 2.05) is 48.5 Å². The van der Waals surface area contributed by atoms with Gasteiger partial charge in [-0.15, -0.1) is 0 Å². The Morgan fingerprint density at radius 2 is 0.661 bits per heavy atom. The highest BCUT2D eigenvalue weighted by Crippen LogP contribution is 2.35. The summed E-state index contributed by atoms with van der Waals surface area (Å²) in [6.07, 6.45) is 8.47. The van der Waals surface area contributed by atoms with Crippen LogP contribution in [0.2, 0.25) is 20.1 Å². The topological polar surface area (TPSA) is 36.9 Å². The molecule has 0 amide bonds. The molecule has 56 heavy (non-hydrogen) atoms. The van der Waals surface area contributed by atoms with Crippen LogP contribution in [0.25, 0.3) is 0 Å². The second-order valence-corrected chi connectivity index (χ2v) is 18.2. The Labute approximate surface area is 388 Å². The van der Waals surface area contributed by atoms with E-state index < -0.39 is 0 Å². The molecule has 0 aliphatic heterocycles. The molecule has 4 atom stereocenters. The first kappa shape index (κ1) is 49.5. The summed E-state index contributed by atoms with van der Waals surface area (Å²) in [7, 11) is 6.55. The minimum atomic E-state index is 0.490. The average molecular weight is 1110 g/mol. The smallest absolute Gasteiger partial charge is 0.137 e. The molecule has 0 bridgehead atoms. The molecule has 0 aliphatic carbocycles. The van der Waals surface area contributed by atoms with E-state index in [-0.39, 0.29) is 0 Å². The fourth-order valence-corrected chi connectivity index (χ4v) is 10.2. The van der Waals surface area contributed by atoms with Gasteiger partial charge >= 0.3 is 0 Å². The molecule has 4 aromatic carbocycles. The van der Waals surface area contributed by atoms with Gasteiger partial charge < -0.3 is 18.9 Å². The van der Waals surface area contributed by atoms with Crippen LogP contribution in [0, 0.1) is 23.7 Å². The van der Waals surface area contributed by atoms with Gasteiger partial charge in [0.15, 0.2) is 0 Å². The molecule has 0 spiro atoms. The van der Waals surface area contributed by atoms with Crippen molar-refractivity contribution in [2.45, 2.75) is 51.4 Å². The summed E-state index contributed by atoms with van der Waals surface area (Å²) in [6, 6.07) is 24.3. The third-order valence-electron chi connectivity index (χ3n) is 10.0. The van der Waals surface area contributed by atoms with Crippen molar-refractivity contribution in [1.82, 2.24) is 0 Å². The van der Waals surface area contributed by atoms with Crippen LogP contribution in [-0.4, -0.2) is 49.8 Å². The predicted molar refractivity (Wildman–Crippen MR) is 254 cm³/mol. The second-order valence-electron chi connectivity index (χ2n) is 13.7. The fraction of sp³-hybridized carbons (Fsp3) is 0.455. The summed E-state index contributed by atoms with van der Waals surface area (Å²) in [5.41, 5.74) is 4.94. The molecule has 4 nitrogen and oxygen atoms in total. The highest BCUT2D eigenvalue weighted by atomic mass is 79.9. The standard InChI is InChI=1S/2C22H26Br2Cl2O2/c2*1-27-21-7-5-15(12-19(21)25)10-17(4-3-9-23)18(14-24)11-16-6-8-22(28-2)20(26)13-16/h2*5-8,12-13,17-18H,3-4,9-11,14H2,1-2H3/t2*17-,18+/m10/s1. The van der Waals surface area contributed by atoms with Crippen LogP contribution in [0.1, 0.15) is 47.9 Å². The van der Waals surface area contributed by atoms with Gasteiger partial charge in [0.2, 0.25) is 0 Å². The van der Waals surface area contributed by atoms with E-state index in [2.05, 4.69) is 88.0 Å². The third-order valence-corrected chi connectivity index (χ3v) is 14.0. The first-order valence-corrected chi connectivity index (χ1v) is 24.6. The van der Waals surface area contributed by atoms with Gasteiger partial charge in [-0.05, 0) is 146 Å². The van der Waals surface area contributed by atoms with Crippen molar-refractivity contribution in [2.75, 3.05) is 49.8 Å². The zero-order chi connectivity index (χ0) is 41.0. The van der Waals surface area contributed by atoms with Crippen LogP contribution < -0.4 is 18.9 Å². The van der Waals surface area contributed by atoms with E-state index >= 15 is 0 Å². The van der Waals surface area contributed by atoms with Crippen LogP contribution in [-0.2, 0) is 25.7 Å². The number of alkyl halides is 4. The SMILES string of the molecule is COc1ccc(C[C@@H](CBr)[C@H](CCCBr)Cc2ccc(OC)c(Cl)c2)cc1Cl.COc1ccc(C[C@H](CBr)[C@@H](CCCBr)Cc2ccc(OC)c(Cl)c2)cc1Cl. The monoisotopic (exact) mass is 1100 g/mol. The van der Waals surface area contributed by atoms with Gasteiger partial charge in [-0.1, -0.05) is 134 Å². The normalized spacial score (nSPS) is 13.2. The van der Waals surface area contributed by atoms with E-state index in [0.717, 1.165) is 72.7 Å². The molecule has 0 radical (unpaired) electrons. The van der Waals surface area contributed by atoms with Gasteiger partial charge in [0.25, 0.3) is 0 Å². The van der Waals surface area contributed by atoms with Gasteiger partial charge in [-0.3, -0.25) is 0 Å². The molecule has 0 unspecified atom stereocenters. The summed E-state index contributed by atoms with van der Waals surface area (Å²) in [4.78, 5) is 0. The molecule has 4 aromatic rings. The Bertz CT molecular complexity index is 1640. The van der Waals surface area contributed by atoms with Crippen molar-refractivity contribution in [1.29, 1.82) is 0 Å². The minimum Gasteiger partial charge on any atom is -0.495 e. The number of ether oxygens (including phenoxy) is 4. The Kier molecular flexibility index (Phi) is 24.0. The van der Waals surface area contributed by atoms with Crippen molar-refractivity contribution >= 4 is 110 Å². The summed E-state index contributed by atoms with van der Waals surface area (Å²) in [5, 5.41) is 6.54. The number of benzene rings is 4. The van der Waals surface area contributed by atoms with Crippen LogP contribution in [0.5, 0.6) is 23.0 Å². The lowest BCUT2D eigenvalue weighted by molar-refractivity contribution is 0.336. The van der Waals surface area contributed by atoms with Gasteiger partial charge in [-0.25, -0.2) is 0 Å². The van der Waals surface area contributed by atoms with E-state index in [0.29, 0.717) is 66.8 Å². The molecule has 0 aromatic heterocycles. The zero-order valence-electron chi connectivity index (χ0n) is 32.4.